The van der Waals surface area contributed by atoms with Crippen LogP contribution in [0.25, 0.3) is 0 Å². The molecule has 2 aromatic rings. The highest BCUT2D eigenvalue weighted by Gasteiger charge is 2.05. The summed E-state index contributed by atoms with van der Waals surface area (Å²) in [7, 11) is 0. The van der Waals surface area contributed by atoms with Gasteiger partial charge in [-0.2, -0.15) is 5.26 Å². The summed E-state index contributed by atoms with van der Waals surface area (Å²) in [6.07, 6.45) is 0. The highest BCUT2D eigenvalue weighted by molar-refractivity contribution is 5.95. The summed E-state index contributed by atoms with van der Waals surface area (Å²) in [4.78, 5) is 11.3. The summed E-state index contributed by atoms with van der Waals surface area (Å²) in [6, 6.07) is 12.9. The SMILES string of the molecule is CC(=O)c1cccc(Nc2ccc(C#N)cc2F)c1. The fourth-order valence-corrected chi connectivity index (χ4v) is 1.66. The van der Waals surface area contributed by atoms with Crippen molar-refractivity contribution in [3.63, 3.8) is 0 Å². The van der Waals surface area contributed by atoms with Gasteiger partial charge in [0.1, 0.15) is 5.82 Å². The van der Waals surface area contributed by atoms with E-state index in [-0.39, 0.29) is 17.0 Å². The molecule has 0 aliphatic carbocycles. The molecule has 1 N–H and O–H groups in total. The fourth-order valence-electron chi connectivity index (χ4n) is 1.66. The van der Waals surface area contributed by atoms with Crippen molar-refractivity contribution in [3.05, 3.63) is 59.4 Å². The molecule has 94 valence electrons. The molecule has 0 aliphatic rings. The van der Waals surface area contributed by atoms with Gasteiger partial charge in [-0.25, -0.2) is 4.39 Å². The Morgan fingerprint density at radius 2 is 2.05 bits per heavy atom. The molecule has 0 aromatic heterocycles. The predicted molar refractivity (Wildman–Crippen MR) is 70.8 cm³/mol. The second kappa shape index (κ2) is 5.32. The first-order valence-corrected chi connectivity index (χ1v) is 5.68. The van der Waals surface area contributed by atoms with Crippen LogP contribution in [-0.2, 0) is 0 Å². The molecule has 0 spiro atoms. The number of hydrogen-bond donors (Lipinski definition) is 1. The molecule has 4 heteroatoms. The number of benzene rings is 2. The van der Waals surface area contributed by atoms with Crippen LogP contribution in [0.5, 0.6) is 0 Å². The average molecular weight is 254 g/mol. The van der Waals surface area contributed by atoms with Gasteiger partial charge in [0.25, 0.3) is 0 Å². The Morgan fingerprint density at radius 3 is 2.68 bits per heavy atom. The first-order chi connectivity index (χ1) is 9.10. The van der Waals surface area contributed by atoms with E-state index in [9.17, 15) is 9.18 Å². The Labute approximate surface area is 110 Å². The lowest BCUT2D eigenvalue weighted by molar-refractivity contribution is 0.101. The van der Waals surface area contributed by atoms with Gasteiger partial charge >= 0.3 is 0 Å². The number of rotatable bonds is 3. The summed E-state index contributed by atoms with van der Waals surface area (Å²) >= 11 is 0. The van der Waals surface area contributed by atoms with Crippen LogP contribution in [0.1, 0.15) is 22.8 Å². The van der Waals surface area contributed by atoms with E-state index < -0.39 is 5.82 Å². The molecule has 0 aliphatic heterocycles. The quantitative estimate of drug-likeness (QED) is 0.851. The molecule has 0 fully saturated rings. The molecule has 2 aromatic carbocycles. The molecule has 3 nitrogen and oxygen atoms in total. The van der Waals surface area contributed by atoms with E-state index in [0.29, 0.717) is 11.3 Å². The minimum Gasteiger partial charge on any atom is -0.353 e. The predicted octanol–water partition coefficient (Wildman–Crippen LogP) is 3.64. The van der Waals surface area contributed by atoms with E-state index in [1.807, 2.05) is 6.07 Å². The molecular formula is C15H11FN2O. The lowest BCUT2D eigenvalue weighted by Crippen LogP contribution is -1.97. The minimum atomic E-state index is -0.507. The van der Waals surface area contributed by atoms with Crippen LogP contribution in [0.15, 0.2) is 42.5 Å². The van der Waals surface area contributed by atoms with Crippen molar-refractivity contribution in [1.29, 1.82) is 5.26 Å². The third-order valence-corrected chi connectivity index (χ3v) is 2.65. The van der Waals surface area contributed by atoms with Crippen molar-refractivity contribution in [2.75, 3.05) is 5.32 Å². The van der Waals surface area contributed by atoms with Gasteiger partial charge in [0, 0.05) is 11.3 Å². The van der Waals surface area contributed by atoms with Crippen LogP contribution < -0.4 is 5.32 Å². The lowest BCUT2D eigenvalue weighted by Gasteiger charge is -2.08. The Kier molecular flexibility index (Phi) is 3.58. The van der Waals surface area contributed by atoms with E-state index in [4.69, 9.17) is 5.26 Å². The van der Waals surface area contributed by atoms with Gasteiger partial charge in [-0.3, -0.25) is 4.79 Å². The van der Waals surface area contributed by atoms with Crippen LogP contribution in [0.4, 0.5) is 15.8 Å². The highest BCUT2D eigenvalue weighted by atomic mass is 19.1. The number of Topliss-reactive ketones (excluding diaryl/α,β-unsaturated/α-hetero) is 1. The summed E-state index contributed by atoms with van der Waals surface area (Å²) < 4.78 is 13.7. The topological polar surface area (TPSA) is 52.9 Å². The molecule has 0 atom stereocenters. The van der Waals surface area contributed by atoms with E-state index >= 15 is 0 Å². The smallest absolute Gasteiger partial charge is 0.159 e. The minimum absolute atomic E-state index is 0.0519. The van der Waals surface area contributed by atoms with Crippen LogP contribution in [0.3, 0.4) is 0 Å². The Hall–Kier alpha value is -2.67. The van der Waals surface area contributed by atoms with Gasteiger partial charge in [0.15, 0.2) is 5.78 Å². The van der Waals surface area contributed by atoms with Gasteiger partial charge in [0.2, 0.25) is 0 Å². The zero-order valence-electron chi connectivity index (χ0n) is 10.3. The molecule has 0 unspecified atom stereocenters. The van der Waals surface area contributed by atoms with Crippen molar-refractivity contribution < 1.29 is 9.18 Å². The van der Waals surface area contributed by atoms with E-state index in [2.05, 4.69) is 5.32 Å². The first kappa shape index (κ1) is 12.8. The Balaban J connectivity index is 2.29. The summed E-state index contributed by atoms with van der Waals surface area (Å²) in [6.45, 7) is 1.47. The lowest BCUT2D eigenvalue weighted by atomic mass is 10.1. The summed E-state index contributed by atoms with van der Waals surface area (Å²) in [5, 5.41) is 11.5. The monoisotopic (exact) mass is 254 g/mol. The first-order valence-electron chi connectivity index (χ1n) is 5.68. The molecule has 0 saturated heterocycles. The van der Waals surface area contributed by atoms with Gasteiger partial charge in [-0.1, -0.05) is 12.1 Å². The van der Waals surface area contributed by atoms with Gasteiger partial charge in [0.05, 0.1) is 17.3 Å². The van der Waals surface area contributed by atoms with Crippen LogP contribution in [0, 0.1) is 17.1 Å². The number of carbonyl (C=O) groups excluding carboxylic acids is 1. The Bertz CT molecular complexity index is 674. The van der Waals surface area contributed by atoms with Crippen LogP contribution in [0.2, 0.25) is 0 Å². The summed E-state index contributed by atoms with van der Waals surface area (Å²) in [5.41, 5.74) is 1.70. The van der Waals surface area contributed by atoms with E-state index in [0.717, 1.165) is 6.07 Å². The molecule has 0 bridgehead atoms. The van der Waals surface area contributed by atoms with Crippen molar-refractivity contribution in [3.8, 4) is 6.07 Å². The largest absolute Gasteiger partial charge is 0.353 e. The highest BCUT2D eigenvalue weighted by Crippen LogP contribution is 2.21. The zero-order chi connectivity index (χ0) is 13.8. The third kappa shape index (κ3) is 2.96. The summed E-state index contributed by atoms with van der Waals surface area (Å²) in [5.74, 6) is -0.559. The number of nitrogens with zero attached hydrogens (tertiary/aromatic N) is 1. The maximum absolute atomic E-state index is 13.7. The van der Waals surface area contributed by atoms with Crippen LogP contribution >= 0.6 is 0 Å². The maximum Gasteiger partial charge on any atom is 0.159 e. The van der Waals surface area contributed by atoms with Crippen molar-refractivity contribution >= 4 is 17.2 Å². The second-order valence-corrected chi connectivity index (χ2v) is 4.07. The standard InChI is InChI=1S/C15H11FN2O/c1-10(19)12-3-2-4-13(8-12)18-15-6-5-11(9-17)7-14(15)16/h2-8,18H,1H3. The van der Waals surface area contributed by atoms with Crippen molar-refractivity contribution in [1.82, 2.24) is 0 Å². The zero-order valence-corrected chi connectivity index (χ0v) is 10.3. The molecule has 0 heterocycles. The second-order valence-electron chi connectivity index (χ2n) is 4.07. The number of nitrogens with one attached hydrogen (secondary N) is 1. The number of carbonyl (C=O) groups is 1. The molecule has 2 rings (SSSR count). The van der Waals surface area contributed by atoms with Crippen molar-refractivity contribution in [2.45, 2.75) is 6.92 Å². The van der Waals surface area contributed by atoms with E-state index in [1.54, 1.807) is 24.3 Å². The van der Waals surface area contributed by atoms with Gasteiger partial charge in [-0.15, -0.1) is 0 Å². The van der Waals surface area contributed by atoms with Gasteiger partial charge in [-0.05, 0) is 37.3 Å². The number of halogens is 1. The van der Waals surface area contributed by atoms with Crippen molar-refractivity contribution in [2.24, 2.45) is 0 Å². The maximum atomic E-state index is 13.7. The van der Waals surface area contributed by atoms with E-state index in [1.165, 1.54) is 19.1 Å². The van der Waals surface area contributed by atoms with Crippen LogP contribution in [-0.4, -0.2) is 5.78 Å². The Morgan fingerprint density at radius 1 is 1.26 bits per heavy atom. The number of hydrogen-bond acceptors (Lipinski definition) is 3. The molecule has 0 radical (unpaired) electrons. The number of ketones is 1. The third-order valence-electron chi connectivity index (χ3n) is 2.65. The normalized spacial score (nSPS) is 9.74. The molecule has 0 amide bonds. The average Bonchev–Trinajstić information content (AvgIpc) is 2.41. The fraction of sp³-hybridized carbons (Fsp3) is 0.0667. The number of nitriles is 1. The molecule has 19 heavy (non-hydrogen) atoms. The number of anilines is 2. The van der Waals surface area contributed by atoms with Gasteiger partial charge < -0.3 is 5.32 Å². The molecule has 0 saturated carbocycles. The molecular weight excluding hydrogens is 243 g/mol.